The molecule has 6 nitrogen and oxygen atoms in total. The quantitative estimate of drug-likeness (QED) is 0.913. The summed E-state index contributed by atoms with van der Waals surface area (Å²) >= 11 is 0. The lowest BCUT2D eigenvalue weighted by Gasteiger charge is -2.22. The third-order valence-electron chi connectivity index (χ3n) is 3.73. The minimum Gasteiger partial charge on any atom is -0.437 e. The van der Waals surface area contributed by atoms with Gasteiger partial charge in [0.2, 0.25) is 11.8 Å². The first kappa shape index (κ1) is 15.4. The number of halogens is 1. The van der Waals surface area contributed by atoms with Gasteiger partial charge >= 0.3 is 0 Å². The number of ether oxygens (including phenoxy) is 1. The Balaban J connectivity index is 1.76. The molecular formula is C16H17FN4O2. The first-order chi connectivity index (χ1) is 11.1. The van der Waals surface area contributed by atoms with Crippen LogP contribution in [-0.2, 0) is 4.79 Å². The predicted molar refractivity (Wildman–Crippen MR) is 81.2 cm³/mol. The van der Waals surface area contributed by atoms with Crippen LogP contribution in [0.5, 0.6) is 11.6 Å². The van der Waals surface area contributed by atoms with Gasteiger partial charge in [-0.2, -0.15) is 0 Å². The summed E-state index contributed by atoms with van der Waals surface area (Å²) in [5.41, 5.74) is 6.02. The molecule has 1 atom stereocenters. The van der Waals surface area contributed by atoms with E-state index in [1.54, 1.807) is 6.20 Å². The van der Waals surface area contributed by atoms with Crippen LogP contribution in [0, 0.1) is 5.82 Å². The number of amides is 1. The molecule has 1 unspecified atom stereocenters. The van der Waals surface area contributed by atoms with Gasteiger partial charge in [0.05, 0.1) is 30.7 Å². The lowest BCUT2D eigenvalue weighted by atomic mass is 10.1. The molecule has 1 aromatic heterocycles. The van der Waals surface area contributed by atoms with Gasteiger partial charge in [-0.3, -0.25) is 14.7 Å². The normalized spacial score (nSPS) is 18.0. The van der Waals surface area contributed by atoms with Crippen LogP contribution in [0.3, 0.4) is 0 Å². The van der Waals surface area contributed by atoms with Crippen LogP contribution in [-0.4, -0.2) is 33.9 Å². The molecule has 1 amide bonds. The number of nitrogens with two attached hydrogens (primary N) is 1. The minimum absolute atomic E-state index is 0.00627. The van der Waals surface area contributed by atoms with Crippen molar-refractivity contribution in [3.63, 3.8) is 0 Å². The molecule has 3 rings (SSSR count). The van der Waals surface area contributed by atoms with Gasteiger partial charge in [0.25, 0.3) is 0 Å². The average molecular weight is 316 g/mol. The highest BCUT2D eigenvalue weighted by atomic mass is 19.1. The number of hydrogen-bond donors (Lipinski definition) is 1. The molecule has 0 aliphatic carbocycles. The van der Waals surface area contributed by atoms with Gasteiger partial charge in [0, 0.05) is 0 Å². The first-order valence-corrected chi connectivity index (χ1v) is 7.39. The average Bonchev–Trinajstić information content (AvgIpc) is 2.97. The molecule has 0 spiro atoms. The Morgan fingerprint density at radius 1 is 1.35 bits per heavy atom. The van der Waals surface area contributed by atoms with E-state index >= 15 is 0 Å². The minimum atomic E-state index is -0.358. The number of aromatic nitrogens is 2. The standard InChI is InChI=1S/C16H17FN4O2/c17-11-3-5-12(6-4-11)23-16-9-19-8-13(20-16)14-2-1-7-21(14)10-15(18)22/h3-6,8-9,14H,1-2,7,10H2,(H2,18,22). The molecule has 0 saturated carbocycles. The van der Waals surface area contributed by atoms with E-state index < -0.39 is 0 Å². The molecule has 7 heteroatoms. The van der Waals surface area contributed by atoms with Crippen LogP contribution in [0.1, 0.15) is 24.6 Å². The van der Waals surface area contributed by atoms with Crippen LogP contribution >= 0.6 is 0 Å². The zero-order valence-corrected chi connectivity index (χ0v) is 12.5. The largest absolute Gasteiger partial charge is 0.437 e. The lowest BCUT2D eigenvalue weighted by molar-refractivity contribution is -0.119. The van der Waals surface area contributed by atoms with Gasteiger partial charge in [-0.25, -0.2) is 9.37 Å². The van der Waals surface area contributed by atoms with E-state index in [0.717, 1.165) is 25.1 Å². The topological polar surface area (TPSA) is 81.3 Å². The Kier molecular flexibility index (Phi) is 4.47. The second kappa shape index (κ2) is 6.70. The van der Waals surface area contributed by atoms with Gasteiger partial charge in [-0.05, 0) is 43.7 Å². The molecule has 120 valence electrons. The molecular weight excluding hydrogens is 299 g/mol. The van der Waals surface area contributed by atoms with Crippen molar-refractivity contribution in [2.45, 2.75) is 18.9 Å². The molecule has 23 heavy (non-hydrogen) atoms. The molecule has 1 fully saturated rings. The lowest BCUT2D eigenvalue weighted by Crippen LogP contribution is -2.33. The highest BCUT2D eigenvalue weighted by molar-refractivity contribution is 5.76. The summed E-state index contributed by atoms with van der Waals surface area (Å²) in [6, 6.07) is 5.69. The third kappa shape index (κ3) is 3.81. The van der Waals surface area contributed by atoms with Crippen molar-refractivity contribution < 1.29 is 13.9 Å². The Labute approximate surface area is 133 Å². The van der Waals surface area contributed by atoms with E-state index in [-0.39, 0.29) is 24.3 Å². The zero-order valence-electron chi connectivity index (χ0n) is 12.5. The van der Waals surface area contributed by atoms with E-state index in [0.29, 0.717) is 11.6 Å². The Morgan fingerprint density at radius 2 is 2.13 bits per heavy atom. The Bertz CT molecular complexity index is 693. The van der Waals surface area contributed by atoms with Crippen molar-refractivity contribution in [2.75, 3.05) is 13.1 Å². The molecule has 2 heterocycles. The number of benzene rings is 1. The Hall–Kier alpha value is -2.54. The summed E-state index contributed by atoms with van der Waals surface area (Å²) in [5.74, 6) is 0.132. The van der Waals surface area contributed by atoms with E-state index in [1.807, 2.05) is 4.90 Å². The van der Waals surface area contributed by atoms with E-state index in [2.05, 4.69) is 9.97 Å². The SMILES string of the molecule is NC(=O)CN1CCCC1c1cncc(Oc2ccc(F)cc2)n1. The maximum atomic E-state index is 12.9. The number of hydrogen-bond acceptors (Lipinski definition) is 5. The fraction of sp³-hybridized carbons (Fsp3) is 0.312. The number of rotatable bonds is 5. The molecule has 2 aromatic rings. The van der Waals surface area contributed by atoms with Crippen molar-refractivity contribution in [3.8, 4) is 11.6 Å². The van der Waals surface area contributed by atoms with E-state index in [9.17, 15) is 9.18 Å². The van der Waals surface area contributed by atoms with Crippen molar-refractivity contribution in [2.24, 2.45) is 5.73 Å². The van der Waals surface area contributed by atoms with Gasteiger partial charge in [0.1, 0.15) is 11.6 Å². The van der Waals surface area contributed by atoms with Gasteiger partial charge in [0.15, 0.2) is 0 Å². The second-order valence-corrected chi connectivity index (χ2v) is 5.43. The molecule has 1 aromatic carbocycles. The number of carbonyl (C=O) groups is 1. The zero-order chi connectivity index (χ0) is 16.2. The summed E-state index contributed by atoms with van der Waals surface area (Å²) in [5, 5.41) is 0. The number of primary amides is 1. The number of likely N-dealkylation sites (tertiary alicyclic amines) is 1. The highest BCUT2D eigenvalue weighted by Gasteiger charge is 2.28. The third-order valence-corrected chi connectivity index (χ3v) is 3.73. The van der Waals surface area contributed by atoms with Crippen LogP contribution in [0.25, 0.3) is 0 Å². The number of carbonyl (C=O) groups excluding carboxylic acids is 1. The molecule has 2 N–H and O–H groups in total. The van der Waals surface area contributed by atoms with Crippen molar-refractivity contribution in [3.05, 3.63) is 48.2 Å². The van der Waals surface area contributed by atoms with Crippen LogP contribution in [0.15, 0.2) is 36.7 Å². The smallest absolute Gasteiger partial charge is 0.238 e. The van der Waals surface area contributed by atoms with Gasteiger partial charge in [-0.1, -0.05) is 0 Å². The second-order valence-electron chi connectivity index (χ2n) is 5.43. The highest BCUT2D eigenvalue weighted by Crippen LogP contribution is 2.31. The summed E-state index contributed by atoms with van der Waals surface area (Å²) in [7, 11) is 0. The number of nitrogens with zero attached hydrogens (tertiary/aromatic N) is 3. The first-order valence-electron chi connectivity index (χ1n) is 7.39. The van der Waals surface area contributed by atoms with Crippen molar-refractivity contribution >= 4 is 5.91 Å². The maximum absolute atomic E-state index is 12.9. The fourth-order valence-corrected chi connectivity index (χ4v) is 2.75. The summed E-state index contributed by atoms with van der Waals surface area (Å²) in [4.78, 5) is 21.8. The van der Waals surface area contributed by atoms with Gasteiger partial charge in [-0.15, -0.1) is 0 Å². The van der Waals surface area contributed by atoms with Crippen molar-refractivity contribution in [1.82, 2.24) is 14.9 Å². The summed E-state index contributed by atoms with van der Waals surface area (Å²) in [6.07, 6.45) is 5.03. The molecule has 0 radical (unpaired) electrons. The maximum Gasteiger partial charge on any atom is 0.238 e. The van der Waals surface area contributed by atoms with E-state index in [1.165, 1.54) is 30.5 Å². The predicted octanol–water partition coefficient (Wildman–Crippen LogP) is 2.03. The summed E-state index contributed by atoms with van der Waals surface area (Å²) < 4.78 is 18.5. The molecule has 0 bridgehead atoms. The van der Waals surface area contributed by atoms with Gasteiger partial charge < -0.3 is 10.5 Å². The monoisotopic (exact) mass is 316 g/mol. The Morgan fingerprint density at radius 3 is 2.87 bits per heavy atom. The molecule has 1 aliphatic heterocycles. The van der Waals surface area contributed by atoms with Crippen molar-refractivity contribution in [1.29, 1.82) is 0 Å². The van der Waals surface area contributed by atoms with Crippen LogP contribution in [0.4, 0.5) is 4.39 Å². The fourth-order valence-electron chi connectivity index (χ4n) is 2.75. The summed E-state index contributed by atoms with van der Waals surface area (Å²) in [6.45, 7) is 1.01. The van der Waals surface area contributed by atoms with Crippen LogP contribution in [0.2, 0.25) is 0 Å². The molecule has 1 aliphatic rings. The molecule has 1 saturated heterocycles. The van der Waals surface area contributed by atoms with E-state index in [4.69, 9.17) is 10.5 Å². The van der Waals surface area contributed by atoms with Crippen LogP contribution < -0.4 is 10.5 Å².